The highest BCUT2D eigenvalue weighted by atomic mass is 16.3. The summed E-state index contributed by atoms with van der Waals surface area (Å²) in [5.74, 6) is 0.675. The van der Waals surface area contributed by atoms with Crippen LogP contribution < -0.4 is 16.0 Å². The third kappa shape index (κ3) is 3.38. The van der Waals surface area contributed by atoms with Gasteiger partial charge in [0.25, 0.3) is 0 Å². The van der Waals surface area contributed by atoms with Crippen LogP contribution in [0.25, 0.3) is 11.5 Å². The van der Waals surface area contributed by atoms with E-state index in [-0.39, 0.29) is 17.9 Å². The van der Waals surface area contributed by atoms with Crippen LogP contribution in [0.15, 0.2) is 41.0 Å². The molecule has 0 bridgehead atoms. The van der Waals surface area contributed by atoms with Crippen molar-refractivity contribution < 1.29 is 14.0 Å². The number of nitrogens with one attached hydrogen (secondary N) is 3. The molecule has 1 aliphatic rings. The minimum atomic E-state index is -0.550. The number of aromatic nitrogens is 2. The molecule has 24 heavy (non-hydrogen) atoms. The lowest BCUT2D eigenvalue weighted by atomic mass is 10.2. The Labute approximate surface area is 138 Å². The van der Waals surface area contributed by atoms with Crippen LogP contribution in [0.5, 0.6) is 0 Å². The van der Waals surface area contributed by atoms with Crippen LogP contribution in [0.3, 0.4) is 0 Å². The maximum Gasteiger partial charge on any atom is 0.249 e. The number of allylic oxidation sites excluding steroid dienone is 1. The molecule has 1 aliphatic heterocycles. The number of carbonyl (C=O) groups is 2. The van der Waals surface area contributed by atoms with Gasteiger partial charge in [-0.25, -0.2) is 4.68 Å². The largest absolute Gasteiger partial charge is 0.463 e. The zero-order valence-corrected chi connectivity index (χ0v) is 13.4. The first-order valence-corrected chi connectivity index (χ1v) is 7.69. The predicted molar refractivity (Wildman–Crippen MR) is 87.8 cm³/mol. The first kappa shape index (κ1) is 16.0. The smallest absolute Gasteiger partial charge is 0.249 e. The van der Waals surface area contributed by atoms with Crippen molar-refractivity contribution in [2.45, 2.75) is 32.6 Å². The van der Waals surface area contributed by atoms with E-state index in [1.807, 2.05) is 6.92 Å². The van der Waals surface area contributed by atoms with Crippen molar-refractivity contribution in [1.82, 2.24) is 20.4 Å². The molecule has 0 radical (unpaired) electrons. The number of furan rings is 1. The van der Waals surface area contributed by atoms with Gasteiger partial charge in [-0.3, -0.25) is 14.9 Å². The summed E-state index contributed by atoms with van der Waals surface area (Å²) in [6.07, 6.45) is 4.45. The summed E-state index contributed by atoms with van der Waals surface area (Å²) in [6, 6.07) is 5.24. The van der Waals surface area contributed by atoms with E-state index in [4.69, 9.17) is 4.42 Å². The van der Waals surface area contributed by atoms with E-state index in [9.17, 15) is 9.59 Å². The van der Waals surface area contributed by atoms with Crippen molar-refractivity contribution in [3.63, 3.8) is 0 Å². The maximum atomic E-state index is 11.9. The molecule has 2 aromatic heterocycles. The van der Waals surface area contributed by atoms with Crippen molar-refractivity contribution in [2.24, 2.45) is 0 Å². The number of carbonyl (C=O) groups excluding carboxylic acids is 2. The van der Waals surface area contributed by atoms with Gasteiger partial charge in [0, 0.05) is 18.5 Å². The number of anilines is 1. The highest BCUT2D eigenvalue weighted by Crippen LogP contribution is 2.25. The molecule has 2 atom stereocenters. The van der Waals surface area contributed by atoms with E-state index < -0.39 is 6.29 Å². The quantitative estimate of drug-likeness (QED) is 0.740. The Hall–Kier alpha value is -2.87. The number of hydrogen-bond acceptors (Lipinski definition) is 5. The molecule has 126 valence electrons. The summed E-state index contributed by atoms with van der Waals surface area (Å²) in [6.45, 7) is 3.68. The van der Waals surface area contributed by atoms with Gasteiger partial charge < -0.3 is 15.1 Å². The summed E-state index contributed by atoms with van der Waals surface area (Å²) in [5.41, 5.74) is 0.560. The zero-order chi connectivity index (χ0) is 17.1. The molecular weight excluding hydrogens is 310 g/mol. The van der Waals surface area contributed by atoms with E-state index >= 15 is 0 Å². The molecule has 2 unspecified atom stereocenters. The van der Waals surface area contributed by atoms with Crippen molar-refractivity contribution in [3.05, 3.63) is 36.6 Å². The monoisotopic (exact) mass is 329 g/mol. The van der Waals surface area contributed by atoms with Gasteiger partial charge in [-0.05, 0) is 32.1 Å². The van der Waals surface area contributed by atoms with Crippen LogP contribution in [-0.2, 0) is 9.59 Å². The molecule has 1 saturated heterocycles. The Morgan fingerprint density at radius 3 is 3.04 bits per heavy atom. The molecule has 2 amide bonds. The van der Waals surface area contributed by atoms with Crippen LogP contribution in [0, 0.1) is 0 Å². The second-order valence-corrected chi connectivity index (χ2v) is 5.57. The SMILES string of the molecule is C/C=C/C(=O)Nc1cc(-c2ccco2)nn1C1NC(=O)CC(C)N1. The topological polar surface area (TPSA) is 101 Å². The fraction of sp³-hybridized carbons (Fsp3) is 0.312. The van der Waals surface area contributed by atoms with Gasteiger partial charge in [0.1, 0.15) is 11.5 Å². The van der Waals surface area contributed by atoms with Crippen molar-refractivity contribution in [3.8, 4) is 11.5 Å². The third-order valence-electron chi connectivity index (χ3n) is 3.55. The average molecular weight is 329 g/mol. The highest BCUT2D eigenvalue weighted by Gasteiger charge is 2.27. The molecule has 1 fully saturated rings. The van der Waals surface area contributed by atoms with Crippen LogP contribution in [0.2, 0.25) is 0 Å². The van der Waals surface area contributed by atoms with Crippen LogP contribution >= 0.6 is 0 Å². The number of amides is 2. The van der Waals surface area contributed by atoms with E-state index in [0.717, 1.165) is 0 Å². The predicted octanol–water partition coefficient (Wildman–Crippen LogP) is 1.61. The minimum absolute atomic E-state index is 0.000832. The second-order valence-electron chi connectivity index (χ2n) is 5.57. The third-order valence-corrected chi connectivity index (χ3v) is 3.55. The molecule has 3 rings (SSSR count). The number of rotatable bonds is 4. The van der Waals surface area contributed by atoms with Crippen molar-refractivity contribution in [2.75, 3.05) is 5.32 Å². The number of hydrogen-bond donors (Lipinski definition) is 3. The lowest BCUT2D eigenvalue weighted by Crippen LogP contribution is -2.52. The Bertz CT molecular complexity index is 763. The lowest BCUT2D eigenvalue weighted by Gasteiger charge is -2.30. The molecule has 3 heterocycles. The van der Waals surface area contributed by atoms with E-state index in [0.29, 0.717) is 23.7 Å². The molecule has 0 saturated carbocycles. The Morgan fingerprint density at radius 2 is 2.38 bits per heavy atom. The average Bonchev–Trinajstić information content (AvgIpc) is 3.15. The van der Waals surface area contributed by atoms with Gasteiger partial charge in [0.15, 0.2) is 12.0 Å². The molecular formula is C16H19N5O3. The Balaban J connectivity index is 1.95. The van der Waals surface area contributed by atoms with E-state index in [1.54, 1.807) is 37.5 Å². The molecule has 8 heteroatoms. The molecule has 0 aliphatic carbocycles. The first-order valence-electron chi connectivity index (χ1n) is 7.69. The molecule has 8 nitrogen and oxygen atoms in total. The highest BCUT2D eigenvalue weighted by molar-refractivity contribution is 5.99. The summed E-state index contributed by atoms with van der Waals surface area (Å²) >= 11 is 0. The van der Waals surface area contributed by atoms with Crippen molar-refractivity contribution in [1.29, 1.82) is 0 Å². The van der Waals surface area contributed by atoms with Gasteiger partial charge in [-0.1, -0.05) is 6.08 Å². The second kappa shape index (κ2) is 6.71. The lowest BCUT2D eigenvalue weighted by molar-refractivity contribution is -0.125. The normalized spacial score (nSPS) is 21.0. The van der Waals surface area contributed by atoms with Gasteiger partial charge in [0.2, 0.25) is 11.8 Å². The zero-order valence-electron chi connectivity index (χ0n) is 13.4. The van der Waals surface area contributed by atoms with Gasteiger partial charge in [-0.2, -0.15) is 5.10 Å². The van der Waals surface area contributed by atoms with E-state index in [2.05, 4.69) is 21.0 Å². The Morgan fingerprint density at radius 1 is 1.54 bits per heavy atom. The standard InChI is InChI=1S/C16H19N5O3/c1-3-5-14(22)18-13-9-11(12-6-4-7-24-12)20-21(13)16-17-10(2)8-15(23)19-16/h3-7,9-10,16-17H,8H2,1-2H3,(H,18,22)(H,19,23)/b5-3+. The number of nitrogens with zero attached hydrogens (tertiary/aromatic N) is 2. The first-order chi connectivity index (χ1) is 11.6. The summed E-state index contributed by atoms with van der Waals surface area (Å²) < 4.78 is 6.89. The van der Waals surface area contributed by atoms with Crippen molar-refractivity contribution >= 4 is 17.6 Å². The summed E-state index contributed by atoms with van der Waals surface area (Å²) in [5, 5.41) is 13.3. The molecule has 0 aromatic carbocycles. The maximum absolute atomic E-state index is 11.9. The fourth-order valence-electron chi connectivity index (χ4n) is 2.54. The summed E-state index contributed by atoms with van der Waals surface area (Å²) in [7, 11) is 0. The minimum Gasteiger partial charge on any atom is -0.463 e. The van der Waals surface area contributed by atoms with Crippen LogP contribution in [-0.4, -0.2) is 27.6 Å². The van der Waals surface area contributed by atoms with Crippen LogP contribution in [0.1, 0.15) is 26.6 Å². The van der Waals surface area contributed by atoms with Crippen LogP contribution in [0.4, 0.5) is 5.82 Å². The molecule has 0 spiro atoms. The fourth-order valence-corrected chi connectivity index (χ4v) is 2.54. The summed E-state index contributed by atoms with van der Waals surface area (Å²) in [4.78, 5) is 23.7. The Kier molecular flexibility index (Phi) is 4.48. The van der Waals surface area contributed by atoms with Gasteiger partial charge in [-0.15, -0.1) is 0 Å². The van der Waals surface area contributed by atoms with Gasteiger partial charge >= 0.3 is 0 Å². The molecule has 3 N–H and O–H groups in total. The van der Waals surface area contributed by atoms with E-state index in [1.165, 1.54) is 10.8 Å². The molecule has 2 aromatic rings. The van der Waals surface area contributed by atoms with Gasteiger partial charge in [0.05, 0.1) is 6.26 Å².